The van der Waals surface area contributed by atoms with Gasteiger partial charge in [0.05, 0.1) is 26.4 Å². The molecule has 0 aliphatic carbocycles. The van der Waals surface area contributed by atoms with Gasteiger partial charge in [0.1, 0.15) is 42.8 Å². The minimum absolute atomic E-state index is 0. The number of carbonyl (C=O) groups excluding carboxylic acids is 2. The Kier molecular flexibility index (Phi) is 27.7. The molecule has 292 valence electrons. The largest absolute Gasteiger partial charge is 1.00 e. The second kappa shape index (κ2) is 29.6. The fourth-order valence-corrected chi connectivity index (χ4v) is 4.13. The molecule has 0 aromatic heterocycles. The summed E-state index contributed by atoms with van der Waals surface area (Å²) in [5.41, 5.74) is 2.09. The molecule has 0 radical (unpaired) electrons. The zero-order valence-corrected chi connectivity index (χ0v) is 36.0. The maximum absolute atomic E-state index is 12.2. The summed E-state index contributed by atoms with van der Waals surface area (Å²) >= 11 is 0. The number of amides is 2. The molecule has 4 N–H and O–H groups in total. The number of hydrogen-bond donors (Lipinski definition) is 4. The average Bonchev–Trinajstić information content (AvgIpc) is 3.15. The molecule has 0 spiro atoms. The average molecular weight is 839 g/mol. The zero-order valence-electron chi connectivity index (χ0n) is 30.3. The van der Waals surface area contributed by atoms with E-state index >= 15 is 0 Å². The van der Waals surface area contributed by atoms with Gasteiger partial charge in [-0.15, -0.1) is 19.2 Å². The molecule has 56 heavy (non-hydrogen) atoms. The first-order valence-corrected chi connectivity index (χ1v) is 17.9. The van der Waals surface area contributed by atoms with E-state index in [4.69, 9.17) is 41.8 Å². The molecule has 0 aliphatic heterocycles. The van der Waals surface area contributed by atoms with Gasteiger partial charge in [-0.3, -0.25) is 13.8 Å². The third kappa shape index (κ3) is 23.5. The maximum atomic E-state index is 12.2. The Balaban J connectivity index is 0.000000963. The van der Waals surface area contributed by atoms with Crippen LogP contribution in [0.5, 0.6) is 23.0 Å². The smallest absolute Gasteiger partial charge is 0.852 e. The second-order valence-corrected chi connectivity index (χ2v) is 11.4. The molecule has 0 aliphatic rings. The van der Waals surface area contributed by atoms with E-state index < -0.39 is 27.6 Å². The summed E-state index contributed by atoms with van der Waals surface area (Å²) in [6, 6.07) is 26.3. The van der Waals surface area contributed by atoms with E-state index in [1.165, 1.54) is 0 Å². The first-order chi connectivity index (χ1) is 25.8. The van der Waals surface area contributed by atoms with Crippen molar-refractivity contribution in [3.8, 4) is 23.0 Å². The molecule has 22 heteroatoms. The van der Waals surface area contributed by atoms with Crippen molar-refractivity contribution in [2.24, 2.45) is 0 Å². The molecule has 0 fully saturated rings. The molecular formula is C34H36N2Na2O16S2. The molecule has 0 bridgehead atoms. The number of aliphatic hydroxyl groups is 2. The molecule has 4 aromatic rings. The van der Waals surface area contributed by atoms with Crippen molar-refractivity contribution in [1.82, 2.24) is 0 Å². The summed E-state index contributed by atoms with van der Waals surface area (Å²) in [6.07, 6.45) is 0. The van der Waals surface area contributed by atoms with Crippen LogP contribution in [0.4, 0.5) is 11.4 Å². The van der Waals surface area contributed by atoms with E-state index in [2.05, 4.69) is 14.8 Å². The molecule has 2 amide bonds. The molecule has 0 saturated heterocycles. The van der Waals surface area contributed by atoms with Crippen LogP contribution < -0.4 is 93.8 Å². The summed E-state index contributed by atoms with van der Waals surface area (Å²) in [7, 11) is -7.84. The molecule has 0 atom stereocenters. The minimum Gasteiger partial charge on any atom is -0.852 e. The van der Waals surface area contributed by atoms with Crippen LogP contribution in [0.1, 0.15) is 20.7 Å². The summed E-state index contributed by atoms with van der Waals surface area (Å²) < 4.78 is 81.1. The molecule has 4 rings (SSSR count). The molecule has 0 saturated carbocycles. The molecule has 4 aromatic carbocycles. The molecule has 18 nitrogen and oxygen atoms in total. The molecule has 0 unspecified atom stereocenters. The van der Waals surface area contributed by atoms with Crippen LogP contribution in [0, 0.1) is 0 Å². The van der Waals surface area contributed by atoms with E-state index in [9.17, 15) is 27.7 Å². The monoisotopic (exact) mass is 838 g/mol. The van der Waals surface area contributed by atoms with Gasteiger partial charge in [0.25, 0.3) is 11.8 Å². The van der Waals surface area contributed by atoms with Crippen molar-refractivity contribution in [2.75, 3.05) is 63.5 Å². The Morgan fingerprint density at radius 3 is 1.16 bits per heavy atom. The van der Waals surface area contributed by atoms with Gasteiger partial charge in [-0.1, -0.05) is 0 Å². The van der Waals surface area contributed by atoms with Crippen molar-refractivity contribution >= 4 is 44.2 Å². The van der Waals surface area contributed by atoms with E-state index in [0.29, 0.717) is 45.5 Å². The van der Waals surface area contributed by atoms with Crippen LogP contribution in [-0.4, -0.2) is 100 Å². The third-order valence-electron chi connectivity index (χ3n) is 6.11. The van der Waals surface area contributed by atoms with Crippen molar-refractivity contribution in [3.63, 3.8) is 0 Å². The van der Waals surface area contributed by atoms with Gasteiger partial charge in [0.2, 0.25) is 10.4 Å². The summed E-state index contributed by atoms with van der Waals surface area (Å²) in [5, 5.41) is 33.2. The van der Waals surface area contributed by atoms with Gasteiger partial charge in [0, 0.05) is 22.5 Å². The number of nitrogens with one attached hydrogen (secondary N) is 2. The van der Waals surface area contributed by atoms with Gasteiger partial charge < -0.3 is 49.5 Å². The van der Waals surface area contributed by atoms with E-state index in [0.717, 1.165) is 0 Å². The van der Waals surface area contributed by atoms with Crippen LogP contribution in [0.25, 0.3) is 0 Å². The van der Waals surface area contributed by atoms with Crippen molar-refractivity contribution in [2.45, 2.75) is 0 Å². The minimum atomic E-state index is -4.73. The fourth-order valence-electron chi connectivity index (χ4n) is 3.86. The number of rotatable bonds is 18. The van der Waals surface area contributed by atoms with Crippen molar-refractivity contribution in [1.29, 1.82) is 0 Å². The normalized spacial score (nSPS) is 9.93. The van der Waals surface area contributed by atoms with Gasteiger partial charge in [0.15, 0.2) is 0 Å². The number of anilines is 2. The SMILES string of the molecule is O=C(Nc1ccc(OCCO)cc1)c1ccc(OCCO)cc1.O=C(Nc1ccc(OCCOS(=O)(=O)[O-])cc1)c1ccc(OCC[O-])cc1.O=S(=O)=O.[Na+].[Na+]. The van der Waals surface area contributed by atoms with Crippen LogP contribution in [0.15, 0.2) is 97.1 Å². The number of carbonyl (C=O) groups is 2. The Morgan fingerprint density at radius 2 is 0.857 bits per heavy atom. The van der Waals surface area contributed by atoms with Crippen molar-refractivity contribution < 1.29 is 133 Å². The number of benzene rings is 4. The predicted molar refractivity (Wildman–Crippen MR) is 188 cm³/mol. The number of aliphatic hydroxyl groups excluding tert-OH is 2. The summed E-state index contributed by atoms with van der Waals surface area (Å²) in [6.45, 7) is -0.429. The third-order valence-corrected chi connectivity index (χ3v) is 6.56. The van der Waals surface area contributed by atoms with Crippen LogP contribution in [0.2, 0.25) is 0 Å². The fraction of sp³-hybridized carbons (Fsp3) is 0.235. The van der Waals surface area contributed by atoms with Crippen LogP contribution >= 0.6 is 0 Å². The predicted octanol–water partition coefficient (Wildman–Crippen LogP) is -4.78. The van der Waals surface area contributed by atoms with Crippen LogP contribution in [0.3, 0.4) is 0 Å². The van der Waals surface area contributed by atoms with E-state index in [-0.39, 0.29) is 117 Å². The Morgan fingerprint density at radius 1 is 0.554 bits per heavy atom. The first-order valence-electron chi connectivity index (χ1n) is 15.5. The standard InChI is InChI=1S/C17H18NO8S.C17H19NO5.2Na.O3S/c19-9-10-24-15-5-1-13(2-6-15)17(20)18-14-3-7-16(8-4-14)25-11-12-26-27(21,22)23;19-9-11-22-15-5-1-13(2-6-15)17(21)18-14-3-7-16(8-4-14)23-12-10-20;;;1-4(2)3/h1-8H,9-12H2,(H,18,20)(H,21,22,23);1-8,19-20H,9-12H2,(H,18,21);;;/q-1;;2*+1;/p-1. The number of ether oxygens (including phenoxy) is 4. The maximum Gasteiger partial charge on any atom is 1.00 e. The Labute approximate surface area is 368 Å². The quantitative estimate of drug-likeness (QED) is 0.0317. The second-order valence-electron chi connectivity index (χ2n) is 9.99. The van der Waals surface area contributed by atoms with Gasteiger partial charge in [-0.2, -0.15) is 0 Å². The summed E-state index contributed by atoms with van der Waals surface area (Å²) in [4.78, 5) is 24.3. The van der Waals surface area contributed by atoms with Gasteiger partial charge in [-0.25, -0.2) is 8.42 Å². The first kappa shape index (κ1) is 52.4. The van der Waals surface area contributed by atoms with Crippen molar-refractivity contribution in [3.05, 3.63) is 108 Å². The van der Waals surface area contributed by atoms with Crippen LogP contribution in [-0.2, 0) is 25.2 Å². The Bertz CT molecular complexity index is 1930. The Hall–Kier alpha value is -3.61. The molecular weight excluding hydrogens is 802 g/mol. The van der Waals surface area contributed by atoms with Gasteiger partial charge in [-0.05, 0) is 97.1 Å². The van der Waals surface area contributed by atoms with E-state index in [1.54, 1.807) is 97.1 Å². The topological polar surface area (TPSA) is 276 Å². The zero-order chi connectivity index (χ0) is 39.8. The number of hydrogen-bond acceptors (Lipinski definition) is 16. The molecule has 0 heterocycles. The van der Waals surface area contributed by atoms with E-state index in [1.807, 2.05) is 0 Å². The summed E-state index contributed by atoms with van der Waals surface area (Å²) in [5.74, 6) is 1.59. The van der Waals surface area contributed by atoms with Gasteiger partial charge >= 0.3 is 69.7 Å².